The maximum absolute atomic E-state index is 13.7. The van der Waals surface area contributed by atoms with Gasteiger partial charge in [0, 0.05) is 13.1 Å². The summed E-state index contributed by atoms with van der Waals surface area (Å²) >= 11 is 0. The fourth-order valence-corrected chi connectivity index (χ4v) is 4.56. The SMILES string of the molecule is COc1ccc(C2=C(N3CCc4ccccc4C3)C(=O)N(c3ccccc3)C2=O)cc1OC. The van der Waals surface area contributed by atoms with Gasteiger partial charge in [0.05, 0.1) is 25.5 Å². The van der Waals surface area contributed by atoms with Gasteiger partial charge in [-0.1, -0.05) is 48.5 Å². The predicted molar refractivity (Wildman–Crippen MR) is 126 cm³/mol. The molecular formula is C27H24N2O4. The number of ether oxygens (including phenoxy) is 2. The zero-order valence-electron chi connectivity index (χ0n) is 18.6. The number of hydrogen-bond donors (Lipinski definition) is 0. The number of carbonyl (C=O) groups excluding carboxylic acids is 2. The van der Waals surface area contributed by atoms with Crippen molar-refractivity contribution < 1.29 is 19.1 Å². The standard InChI is InChI=1S/C27H24N2O4/c1-32-22-13-12-19(16-23(22)33-2)24-25(28-15-14-18-8-6-7-9-20(18)17-28)27(31)29(26(24)30)21-10-4-3-5-11-21/h3-13,16H,14-15,17H2,1-2H3. The van der Waals surface area contributed by atoms with Gasteiger partial charge in [0.1, 0.15) is 5.70 Å². The summed E-state index contributed by atoms with van der Waals surface area (Å²) in [7, 11) is 3.12. The second-order valence-electron chi connectivity index (χ2n) is 8.01. The Balaban J connectivity index is 1.64. The Morgan fingerprint density at radius 3 is 2.18 bits per heavy atom. The van der Waals surface area contributed by atoms with E-state index >= 15 is 0 Å². The number of fused-ring (bicyclic) bond motifs is 1. The van der Waals surface area contributed by atoms with E-state index in [9.17, 15) is 9.59 Å². The molecule has 3 aromatic rings. The summed E-state index contributed by atoms with van der Waals surface area (Å²) < 4.78 is 10.8. The molecule has 0 atom stereocenters. The van der Waals surface area contributed by atoms with E-state index in [4.69, 9.17) is 9.47 Å². The number of hydrogen-bond acceptors (Lipinski definition) is 5. The van der Waals surface area contributed by atoms with Crippen LogP contribution in [0.25, 0.3) is 5.57 Å². The van der Waals surface area contributed by atoms with Gasteiger partial charge in [-0.05, 0) is 47.4 Å². The van der Waals surface area contributed by atoms with Crippen molar-refractivity contribution in [2.75, 3.05) is 25.7 Å². The van der Waals surface area contributed by atoms with Crippen LogP contribution in [0.2, 0.25) is 0 Å². The first-order valence-electron chi connectivity index (χ1n) is 10.8. The summed E-state index contributed by atoms with van der Waals surface area (Å²) in [5.74, 6) is 0.416. The number of methoxy groups -OCH3 is 2. The van der Waals surface area contributed by atoms with Crippen molar-refractivity contribution in [1.82, 2.24) is 4.90 Å². The van der Waals surface area contributed by atoms with Crippen LogP contribution in [0.5, 0.6) is 11.5 Å². The zero-order valence-corrected chi connectivity index (χ0v) is 18.6. The fraction of sp³-hybridized carbons (Fsp3) is 0.185. The minimum Gasteiger partial charge on any atom is -0.493 e. The molecule has 0 saturated heterocycles. The molecule has 0 saturated carbocycles. The summed E-state index contributed by atoms with van der Waals surface area (Å²) in [6, 6.07) is 22.6. The van der Waals surface area contributed by atoms with Crippen LogP contribution in [-0.4, -0.2) is 37.5 Å². The van der Waals surface area contributed by atoms with Crippen molar-refractivity contribution in [3.8, 4) is 11.5 Å². The lowest BCUT2D eigenvalue weighted by Crippen LogP contribution is -2.37. The van der Waals surface area contributed by atoms with Crippen molar-refractivity contribution in [3.05, 3.63) is 95.2 Å². The summed E-state index contributed by atoms with van der Waals surface area (Å²) in [5.41, 5.74) is 4.42. The molecule has 0 bridgehead atoms. The molecule has 166 valence electrons. The zero-order chi connectivity index (χ0) is 22.9. The highest BCUT2D eigenvalue weighted by molar-refractivity contribution is 6.45. The Morgan fingerprint density at radius 2 is 1.45 bits per heavy atom. The van der Waals surface area contributed by atoms with Gasteiger partial charge in [-0.25, -0.2) is 4.90 Å². The molecule has 2 aliphatic rings. The molecule has 6 nitrogen and oxygen atoms in total. The third kappa shape index (κ3) is 3.53. The summed E-state index contributed by atoms with van der Waals surface area (Å²) in [6.45, 7) is 1.23. The molecule has 2 heterocycles. The first kappa shape index (κ1) is 20.8. The van der Waals surface area contributed by atoms with Crippen LogP contribution in [0.4, 0.5) is 5.69 Å². The van der Waals surface area contributed by atoms with Crippen LogP contribution in [0.3, 0.4) is 0 Å². The van der Waals surface area contributed by atoms with E-state index in [0.29, 0.717) is 47.1 Å². The molecule has 0 N–H and O–H groups in total. The Bertz CT molecular complexity index is 1270. The number of rotatable bonds is 5. The summed E-state index contributed by atoms with van der Waals surface area (Å²) in [5, 5.41) is 0. The largest absolute Gasteiger partial charge is 0.493 e. The van der Waals surface area contributed by atoms with Gasteiger partial charge >= 0.3 is 0 Å². The Labute approximate surface area is 192 Å². The highest BCUT2D eigenvalue weighted by Gasteiger charge is 2.43. The molecule has 0 fully saturated rings. The number of benzene rings is 3. The van der Waals surface area contributed by atoms with Crippen LogP contribution in [0.1, 0.15) is 16.7 Å². The number of anilines is 1. The van der Waals surface area contributed by atoms with Gasteiger partial charge in [-0.3, -0.25) is 9.59 Å². The van der Waals surface area contributed by atoms with Gasteiger partial charge in [0.2, 0.25) is 0 Å². The highest BCUT2D eigenvalue weighted by atomic mass is 16.5. The van der Waals surface area contributed by atoms with Crippen LogP contribution in [0, 0.1) is 0 Å². The van der Waals surface area contributed by atoms with Crippen molar-refractivity contribution in [1.29, 1.82) is 0 Å². The third-order valence-electron chi connectivity index (χ3n) is 6.19. The Kier molecular flexibility index (Phi) is 5.34. The number of imide groups is 1. The lowest BCUT2D eigenvalue weighted by atomic mass is 9.97. The van der Waals surface area contributed by atoms with Gasteiger partial charge in [-0.2, -0.15) is 0 Å². The fourth-order valence-electron chi connectivity index (χ4n) is 4.56. The predicted octanol–water partition coefficient (Wildman–Crippen LogP) is 4.05. The molecule has 6 heteroatoms. The molecule has 0 radical (unpaired) electrons. The quantitative estimate of drug-likeness (QED) is 0.561. The Hall–Kier alpha value is -4.06. The van der Waals surface area contributed by atoms with Crippen molar-refractivity contribution >= 4 is 23.1 Å². The van der Waals surface area contributed by atoms with Crippen molar-refractivity contribution in [2.45, 2.75) is 13.0 Å². The molecule has 0 spiro atoms. The van der Waals surface area contributed by atoms with Crippen LogP contribution >= 0.6 is 0 Å². The minimum atomic E-state index is -0.340. The van der Waals surface area contributed by atoms with Crippen LogP contribution in [0.15, 0.2) is 78.5 Å². The number of nitrogens with zero attached hydrogens (tertiary/aromatic N) is 2. The Morgan fingerprint density at radius 1 is 0.758 bits per heavy atom. The maximum atomic E-state index is 13.7. The maximum Gasteiger partial charge on any atom is 0.282 e. The number of para-hydroxylation sites is 1. The van der Waals surface area contributed by atoms with Crippen LogP contribution < -0.4 is 14.4 Å². The lowest BCUT2D eigenvalue weighted by Gasteiger charge is -2.31. The summed E-state index contributed by atoms with van der Waals surface area (Å²) in [4.78, 5) is 30.7. The molecule has 33 heavy (non-hydrogen) atoms. The van der Waals surface area contributed by atoms with Crippen molar-refractivity contribution in [3.63, 3.8) is 0 Å². The topological polar surface area (TPSA) is 59.1 Å². The van der Waals surface area contributed by atoms with Gasteiger partial charge in [0.25, 0.3) is 11.8 Å². The molecule has 2 aliphatic heterocycles. The molecule has 0 unspecified atom stereocenters. The monoisotopic (exact) mass is 440 g/mol. The molecule has 0 aromatic heterocycles. The third-order valence-corrected chi connectivity index (χ3v) is 6.19. The van der Waals surface area contributed by atoms with E-state index in [-0.39, 0.29) is 11.8 Å². The smallest absolute Gasteiger partial charge is 0.282 e. The van der Waals surface area contributed by atoms with Gasteiger partial charge < -0.3 is 14.4 Å². The highest BCUT2D eigenvalue weighted by Crippen LogP contribution is 2.39. The normalized spacial score (nSPS) is 15.7. The second-order valence-corrected chi connectivity index (χ2v) is 8.01. The molecule has 3 aromatic carbocycles. The lowest BCUT2D eigenvalue weighted by molar-refractivity contribution is -0.120. The first-order valence-corrected chi connectivity index (χ1v) is 10.8. The van der Waals surface area contributed by atoms with E-state index in [1.807, 2.05) is 35.2 Å². The van der Waals surface area contributed by atoms with E-state index in [2.05, 4.69) is 12.1 Å². The van der Waals surface area contributed by atoms with Gasteiger partial charge in [0.15, 0.2) is 11.5 Å². The van der Waals surface area contributed by atoms with Gasteiger partial charge in [-0.15, -0.1) is 0 Å². The average Bonchev–Trinajstić information content (AvgIpc) is 3.13. The van der Waals surface area contributed by atoms with E-state index in [1.165, 1.54) is 16.0 Å². The molecule has 5 rings (SSSR count). The van der Waals surface area contributed by atoms with E-state index in [1.54, 1.807) is 44.6 Å². The van der Waals surface area contributed by atoms with E-state index < -0.39 is 0 Å². The molecule has 0 aliphatic carbocycles. The van der Waals surface area contributed by atoms with Crippen molar-refractivity contribution in [2.24, 2.45) is 0 Å². The number of amides is 2. The average molecular weight is 440 g/mol. The minimum absolute atomic E-state index is 0.310. The number of carbonyl (C=O) groups is 2. The second kappa shape index (κ2) is 8.47. The molecular weight excluding hydrogens is 416 g/mol. The van der Waals surface area contributed by atoms with E-state index in [0.717, 1.165) is 6.42 Å². The first-order chi connectivity index (χ1) is 16.1. The summed E-state index contributed by atoms with van der Waals surface area (Å²) in [6.07, 6.45) is 0.811. The van der Waals surface area contributed by atoms with Crippen LogP contribution in [-0.2, 0) is 22.6 Å². The molecule has 2 amide bonds.